The van der Waals surface area contributed by atoms with Crippen molar-refractivity contribution in [3.8, 4) is 16.9 Å². The molecule has 2 rings (SSSR count). The third-order valence-corrected chi connectivity index (χ3v) is 2.20. The van der Waals surface area contributed by atoms with Gasteiger partial charge < -0.3 is 5.11 Å². The largest absolute Gasteiger partial charge is 0.507 e. The molecule has 0 saturated heterocycles. The quantitative estimate of drug-likeness (QED) is 0.720. The molecule has 0 fully saturated rings. The van der Waals surface area contributed by atoms with E-state index in [0.717, 1.165) is 11.1 Å². The molecule has 0 aliphatic heterocycles. The average Bonchev–Trinajstić information content (AvgIpc) is 2.20. The number of rotatable bonds is 1. The first-order valence-corrected chi connectivity index (χ1v) is 4.54. The standard InChI is InChI=1S/C13H11O/c1-10-6-8-11(9-7-10)12-4-2-3-5-13(12)14/h2-4,6-9,14H,1H3. The zero-order valence-electron chi connectivity index (χ0n) is 7.99. The Balaban J connectivity index is 2.50. The van der Waals surface area contributed by atoms with Gasteiger partial charge in [0.2, 0.25) is 0 Å². The van der Waals surface area contributed by atoms with E-state index in [9.17, 15) is 5.11 Å². The summed E-state index contributed by atoms with van der Waals surface area (Å²) in [5, 5.41) is 9.58. The summed E-state index contributed by atoms with van der Waals surface area (Å²) in [7, 11) is 0. The second kappa shape index (κ2) is 3.54. The zero-order chi connectivity index (χ0) is 9.97. The van der Waals surface area contributed by atoms with Crippen molar-refractivity contribution in [3.63, 3.8) is 0 Å². The number of benzene rings is 2. The number of phenolic OH excluding ortho intramolecular Hbond substituents is 1. The van der Waals surface area contributed by atoms with Crippen molar-refractivity contribution in [2.24, 2.45) is 0 Å². The SMILES string of the molecule is Cc1ccc(-c2ccc[c]c2O)cc1. The highest BCUT2D eigenvalue weighted by molar-refractivity contribution is 5.69. The number of hydrogen-bond donors (Lipinski definition) is 1. The Morgan fingerprint density at radius 1 is 1.07 bits per heavy atom. The number of phenols is 1. The van der Waals surface area contributed by atoms with Crippen LogP contribution in [0.1, 0.15) is 5.56 Å². The normalized spacial score (nSPS) is 10.1. The summed E-state index contributed by atoms with van der Waals surface area (Å²) in [4.78, 5) is 0. The van der Waals surface area contributed by atoms with E-state index in [-0.39, 0.29) is 5.75 Å². The molecular weight excluding hydrogens is 172 g/mol. The van der Waals surface area contributed by atoms with Crippen LogP contribution in [0.4, 0.5) is 0 Å². The zero-order valence-corrected chi connectivity index (χ0v) is 7.99. The summed E-state index contributed by atoms with van der Waals surface area (Å²) >= 11 is 0. The highest BCUT2D eigenvalue weighted by atomic mass is 16.3. The van der Waals surface area contributed by atoms with E-state index < -0.39 is 0 Å². The molecular formula is C13H11O. The molecule has 2 aromatic rings. The Morgan fingerprint density at radius 3 is 2.43 bits per heavy atom. The topological polar surface area (TPSA) is 20.2 Å². The molecule has 2 aromatic carbocycles. The highest BCUT2D eigenvalue weighted by Crippen LogP contribution is 2.27. The van der Waals surface area contributed by atoms with Gasteiger partial charge in [-0.2, -0.15) is 0 Å². The van der Waals surface area contributed by atoms with Crippen molar-refractivity contribution in [2.75, 3.05) is 0 Å². The van der Waals surface area contributed by atoms with Gasteiger partial charge in [0.15, 0.2) is 0 Å². The van der Waals surface area contributed by atoms with Crippen LogP contribution in [-0.4, -0.2) is 5.11 Å². The molecule has 1 heteroatoms. The van der Waals surface area contributed by atoms with Gasteiger partial charge in [0, 0.05) is 11.6 Å². The van der Waals surface area contributed by atoms with E-state index >= 15 is 0 Å². The summed E-state index contributed by atoms with van der Waals surface area (Å²) < 4.78 is 0. The fourth-order valence-electron chi connectivity index (χ4n) is 1.39. The van der Waals surface area contributed by atoms with Gasteiger partial charge in [-0.15, -0.1) is 0 Å². The lowest BCUT2D eigenvalue weighted by Gasteiger charge is -2.03. The van der Waals surface area contributed by atoms with Gasteiger partial charge >= 0.3 is 0 Å². The molecule has 0 spiro atoms. The van der Waals surface area contributed by atoms with Crippen molar-refractivity contribution in [1.29, 1.82) is 0 Å². The minimum Gasteiger partial charge on any atom is -0.507 e. The summed E-state index contributed by atoms with van der Waals surface area (Å²) in [5.41, 5.74) is 3.06. The maximum Gasteiger partial charge on any atom is 0.131 e. The fraction of sp³-hybridized carbons (Fsp3) is 0.0769. The van der Waals surface area contributed by atoms with E-state index in [4.69, 9.17) is 0 Å². The average molecular weight is 183 g/mol. The van der Waals surface area contributed by atoms with Gasteiger partial charge in [0.05, 0.1) is 0 Å². The molecule has 0 aliphatic carbocycles. The van der Waals surface area contributed by atoms with Crippen LogP contribution in [-0.2, 0) is 0 Å². The van der Waals surface area contributed by atoms with E-state index in [1.807, 2.05) is 43.3 Å². The van der Waals surface area contributed by atoms with Crippen molar-refractivity contribution >= 4 is 0 Å². The van der Waals surface area contributed by atoms with Crippen molar-refractivity contribution in [3.05, 3.63) is 54.1 Å². The molecule has 1 N–H and O–H groups in total. The molecule has 0 atom stereocenters. The highest BCUT2D eigenvalue weighted by Gasteiger charge is 2.01. The molecule has 1 nitrogen and oxygen atoms in total. The Labute approximate surface area is 83.6 Å². The first kappa shape index (κ1) is 8.82. The van der Waals surface area contributed by atoms with Crippen LogP contribution in [0.3, 0.4) is 0 Å². The maximum atomic E-state index is 9.58. The summed E-state index contributed by atoms with van der Waals surface area (Å²) in [6.45, 7) is 2.04. The molecule has 0 aromatic heterocycles. The van der Waals surface area contributed by atoms with Gasteiger partial charge in [0.25, 0.3) is 0 Å². The first-order valence-electron chi connectivity index (χ1n) is 4.54. The summed E-state index contributed by atoms with van der Waals surface area (Å²) in [6, 6.07) is 16.3. The number of aromatic hydroxyl groups is 1. The Morgan fingerprint density at radius 2 is 1.79 bits per heavy atom. The third-order valence-electron chi connectivity index (χ3n) is 2.20. The first-order chi connectivity index (χ1) is 6.77. The van der Waals surface area contributed by atoms with E-state index in [1.165, 1.54) is 5.56 Å². The van der Waals surface area contributed by atoms with Crippen LogP contribution >= 0.6 is 0 Å². The van der Waals surface area contributed by atoms with E-state index in [2.05, 4.69) is 6.07 Å². The van der Waals surface area contributed by atoms with Crippen LogP contribution in [0.25, 0.3) is 11.1 Å². The second-order valence-electron chi connectivity index (χ2n) is 3.30. The van der Waals surface area contributed by atoms with Gasteiger partial charge in [-0.25, -0.2) is 0 Å². The molecule has 1 radical (unpaired) electrons. The molecule has 0 heterocycles. The lowest BCUT2D eigenvalue weighted by Crippen LogP contribution is -1.79. The predicted molar refractivity (Wildman–Crippen MR) is 57.1 cm³/mol. The van der Waals surface area contributed by atoms with Gasteiger partial charge in [-0.3, -0.25) is 0 Å². The van der Waals surface area contributed by atoms with E-state index in [0.29, 0.717) is 0 Å². The van der Waals surface area contributed by atoms with Crippen LogP contribution in [0.5, 0.6) is 5.75 Å². The Bertz CT molecular complexity index is 429. The van der Waals surface area contributed by atoms with Crippen LogP contribution < -0.4 is 0 Å². The fourth-order valence-corrected chi connectivity index (χ4v) is 1.39. The van der Waals surface area contributed by atoms with Crippen molar-refractivity contribution in [1.82, 2.24) is 0 Å². The Kier molecular flexibility index (Phi) is 2.23. The predicted octanol–water partition coefficient (Wildman–Crippen LogP) is 3.17. The third kappa shape index (κ3) is 1.62. The van der Waals surface area contributed by atoms with Gasteiger partial charge in [0.1, 0.15) is 5.75 Å². The molecule has 69 valence electrons. The number of para-hydroxylation sites is 1. The summed E-state index contributed by atoms with van der Waals surface area (Å²) in [5.74, 6) is 0.205. The molecule has 0 saturated carbocycles. The molecule has 0 unspecified atom stereocenters. The molecule has 0 bridgehead atoms. The smallest absolute Gasteiger partial charge is 0.131 e. The Hall–Kier alpha value is -1.76. The minimum absolute atomic E-state index is 0.205. The number of aryl methyl sites for hydroxylation is 1. The second-order valence-corrected chi connectivity index (χ2v) is 3.30. The van der Waals surface area contributed by atoms with Crippen LogP contribution in [0.15, 0.2) is 42.5 Å². The molecule has 14 heavy (non-hydrogen) atoms. The maximum absolute atomic E-state index is 9.58. The monoisotopic (exact) mass is 183 g/mol. The molecule has 0 amide bonds. The van der Waals surface area contributed by atoms with Crippen molar-refractivity contribution < 1.29 is 5.11 Å². The van der Waals surface area contributed by atoms with E-state index in [1.54, 1.807) is 6.07 Å². The minimum atomic E-state index is 0.205. The molecule has 0 aliphatic rings. The van der Waals surface area contributed by atoms with Crippen LogP contribution in [0.2, 0.25) is 0 Å². The number of hydrogen-bond acceptors (Lipinski definition) is 1. The summed E-state index contributed by atoms with van der Waals surface area (Å²) in [6.07, 6.45) is 0. The lowest BCUT2D eigenvalue weighted by atomic mass is 10.0. The van der Waals surface area contributed by atoms with Gasteiger partial charge in [-0.05, 0) is 12.5 Å². The lowest BCUT2D eigenvalue weighted by molar-refractivity contribution is 0.476. The van der Waals surface area contributed by atoms with Crippen molar-refractivity contribution in [2.45, 2.75) is 6.92 Å². The van der Waals surface area contributed by atoms with Gasteiger partial charge in [-0.1, -0.05) is 48.0 Å². The van der Waals surface area contributed by atoms with Crippen LogP contribution in [0, 0.1) is 13.0 Å².